The number of rotatable bonds is 9. The van der Waals surface area contributed by atoms with Gasteiger partial charge in [-0.25, -0.2) is 0 Å². The Balaban J connectivity index is 2.60. The van der Waals surface area contributed by atoms with Gasteiger partial charge in [-0.3, -0.25) is 9.59 Å². The van der Waals surface area contributed by atoms with Crippen LogP contribution in [0.25, 0.3) is 0 Å². The minimum absolute atomic E-state index is 0.111. The van der Waals surface area contributed by atoms with Crippen molar-refractivity contribution in [2.75, 3.05) is 26.4 Å². The summed E-state index contributed by atoms with van der Waals surface area (Å²) in [6.45, 7) is -0.786. The number of allylic oxidation sites excluding steroid dienone is 3. The summed E-state index contributed by atoms with van der Waals surface area (Å²) in [5.74, 6) is 0.511. The molecular weight excluding hydrogens is 299 g/mol. The van der Waals surface area contributed by atoms with Crippen LogP contribution in [0.2, 0.25) is 0 Å². The fraction of sp³-hybridized carbons (Fsp3) is 0.538. The summed E-state index contributed by atoms with van der Waals surface area (Å²) < 4.78 is 15.0. The maximum Gasteiger partial charge on any atom is 0.310 e. The zero-order valence-electron chi connectivity index (χ0n) is 11.5. The third-order valence-electron chi connectivity index (χ3n) is 2.52. The lowest BCUT2D eigenvalue weighted by Gasteiger charge is -2.18. The highest BCUT2D eigenvalue weighted by Crippen LogP contribution is 2.29. The van der Waals surface area contributed by atoms with E-state index < -0.39 is 17.9 Å². The molecule has 1 heterocycles. The van der Waals surface area contributed by atoms with Crippen molar-refractivity contribution in [3.63, 3.8) is 0 Å². The maximum absolute atomic E-state index is 11.9. The number of aliphatic hydroxyl groups is 2. The van der Waals surface area contributed by atoms with Gasteiger partial charge in [-0.05, 0) is 11.9 Å². The van der Waals surface area contributed by atoms with Gasteiger partial charge in [-0.15, -0.1) is 0 Å². The van der Waals surface area contributed by atoms with Gasteiger partial charge in [0.2, 0.25) is 0 Å². The molecule has 0 saturated carbocycles. The molecule has 0 fully saturated rings. The van der Waals surface area contributed by atoms with E-state index in [1.807, 2.05) is 11.9 Å². The molecule has 0 aromatic heterocycles. The van der Waals surface area contributed by atoms with Gasteiger partial charge in [0, 0.05) is 6.42 Å². The third kappa shape index (κ3) is 7.22. The predicted octanol–water partition coefficient (Wildman–Crippen LogP) is 0.475. The van der Waals surface area contributed by atoms with E-state index in [1.54, 1.807) is 6.08 Å². The van der Waals surface area contributed by atoms with Gasteiger partial charge in [-0.1, -0.05) is 6.08 Å². The SMILES string of the molecule is O=C(CC(CC1=CC=CPO1)C(=O)OCCO)OCCO. The summed E-state index contributed by atoms with van der Waals surface area (Å²) in [6, 6.07) is 0. The van der Waals surface area contributed by atoms with E-state index in [1.165, 1.54) is 0 Å². The van der Waals surface area contributed by atoms with Crippen LogP contribution in [0.1, 0.15) is 12.8 Å². The Morgan fingerprint density at radius 3 is 2.57 bits per heavy atom. The van der Waals surface area contributed by atoms with Gasteiger partial charge >= 0.3 is 11.9 Å². The predicted molar refractivity (Wildman–Crippen MR) is 75.4 cm³/mol. The van der Waals surface area contributed by atoms with Crippen LogP contribution >= 0.6 is 8.81 Å². The molecule has 0 saturated heterocycles. The largest absolute Gasteiger partial charge is 0.477 e. The van der Waals surface area contributed by atoms with Crippen molar-refractivity contribution < 1.29 is 33.8 Å². The first-order valence-electron chi connectivity index (χ1n) is 6.49. The number of hydrogen-bond acceptors (Lipinski definition) is 7. The Hall–Kier alpha value is -1.43. The zero-order valence-corrected chi connectivity index (χ0v) is 12.5. The molecule has 2 unspecified atom stereocenters. The number of aliphatic hydroxyl groups excluding tert-OH is 2. The molecular formula is C13H19O7P. The first-order valence-corrected chi connectivity index (χ1v) is 7.48. The third-order valence-corrected chi connectivity index (χ3v) is 3.23. The second-order valence-electron chi connectivity index (χ2n) is 4.15. The van der Waals surface area contributed by atoms with Crippen LogP contribution in [0.15, 0.2) is 23.7 Å². The van der Waals surface area contributed by atoms with Crippen molar-refractivity contribution in [1.82, 2.24) is 0 Å². The monoisotopic (exact) mass is 318 g/mol. The standard InChI is InChI=1S/C13H19O7P/c14-3-5-18-12(16)9-10(13(17)19-6-4-15)8-11-2-1-7-21-20-11/h1-2,7,10,14-15,21H,3-6,8-9H2. The van der Waals surface area contributed by atoms with Crippen LogP contribution < -0.4 is 0 Å². The summed E-state index contributed by atoms with van der Waals surface area (Å²) in [5.41, 5.74) is 0. The Kier molecular flexibility index (Phi) is 8.66. The Labute approximate surface area is 124 Å². The number of esters is 2. The second kappa shape index (κ2) is 10.3. The maximum atomic E-state index is 11.9. The van der Waals surface area contributed by atoms with Crippen molar-refractivity contribution in [3.8, 4) is 0 Å². The van der Waals surface area contributed by atoms with E-state index in [0.29, 0.717) is 5.76 Å². The Bertz CT molecular complexity index is 405. The van der Waals surface area contributed by atoms with Gasteiger partial charge in [0.15, 0.2) is 0 Å². The highest BCUT2D eigenvalue weighted by molar-refractivity contribution is 7.36. The molecule has 0 aliphatic carbocycles. The normalized spacial score (nSPS) is 16.0. The van der Waals surface area contributed by atoms with Crippen LogP contribution in [0.4, 0.5) is 0 Å². The van der Waals surface area contributed by atoms with E-state index in [4.69, 9.17) is 24.2 Å². The van der Waals surface area contributed by atoms with E-state index >= 15 is 0 Å². The molecule has 1 aliphatic rings. The fourth-order valence-electron chi connectivity index (χ4n) is 1.61. The average Bonchev–Trinajstić information content (AvgIpc) is 2.51. The van der Waals surface area contributed by atoms with Crippen molar-refractivity contribution >= 4 is 20.7 Å². The Morgan fingerprint density at radius 2 is 1.95 bits per heavy atom. The van der Waals surface area contributed by atoms with Gasteiger partial charge < -0.3 is 24.2 Å². The molecule has 21 heavy (non-hydrogen) atoms. The van der Waals surface area contributed by atoms with Gasteiger partial charge in [-0.2, -0.15) is 0 Å². The van der Waals surface area contributed by atoms with Crippen molar-refractivity contribution in [2.45, 2.75) is 12.8 Å². The van der Waals surface area contributed by atoms with E-state index in [0.717, 1.165) is 0 Å². The van der Waals surface area contributed by atoms with E-state index in [-0.39, 0.29) is 48.1 Å². The summed E-state index contributed by atoms with van der Waals surface area (Å²) >= 11 is 0. The van der Waals surface area contributed by atoms with Gasteiger partial charge in [0.1, 0.15) is 19.0 Å². The highest BCUT2D eigenvalue weighted by atomic mass is 31.1. The van der Waals surface area contributed by atoms with Crippen LogP contribution in [-0.2, 0) is 23.6 Å². The lowest BCUT2D eigenvalue weighted by atomic mass is 10.00. The zero-order chi connectivity index (χ0) is 15.5. The lowest BCUT2D eigenvalue weighted by Crippen LogP contribution is -2.24. The number of ether oxygens (including phenoxy) is 2. The smallest absolute Gasteiger partial charge is 0.310 e. The molecule has 2 N–H and O–H groups in total. The molecule has 2 atom stereocenters. The molecule has 8 heteroatoms. The van der Waals surface area contributed by atoms with Crippen LogP contribution in [0.3, 0.4) is 0 Å². The van der Waals surface area contributed by atoms with Crippen LogP contribution in [0.5, 0.6) is 0 Å². The van der Waals surface area contributed by atoms with E-state index in [2.05, 4.69) is 0 Å². The van der Waals surface area contributed by atoms with Crippen molar-refractivity contribution in [2.24, 2.45) is 5.92 Å². The number of carbonyl (C=O) groups excluding carboxylic acids is 2. The van der Waals surface area contributed by atoms with Crippen molar-refractivity contribution in [3.05, 3.63) is 23.7 Å². The van der Waals surface area contributed by atoms with Gasteiger partial charge in [0.05, 0.1) is 34.4 Å². The summed E-state index contributed by atoms with van der Waals surface area (Å²) in [5, 5.41) is 17.3. The van der Waals surface area contributed by atoms with Crippen molar-refractivity contribution in [1.29, 1.82) is 0 Å². The first kappa shape index (κ1) is 17.6. The summed E-state index contributed by atoms with van der Waals surface area (Å²) in [6.07, 6.45) is 3.59. The average molecular weight is 318 g/mol. The summed E-state index contributed by atoms with van der Waals surface area (Å²) in [7, 11) is 0.182. The molecule has 1 rings (SSSR count). The quantitative estimate of drug-likeness (QED) is 0.471. The van der Waals surface area contributed by atoms with Gasteiger partial charge in [0.25, 0.3) is 0 Å². The molecule has 0 amide bonds. The molecule has 118 valence electrons. The molecule has 0 aromatic rings. The minimum atomic E-state index is -0.745. The second-order valence-corrected chi connectivity index (χ2v) is 4.93. The first-order chi connectivity index (χ1) is 10.2. The molecule has 0 bridgehead atoms. The lowest BCUT2D eigenvalue weighted by molar-refractivity contribution is -0.156. The highest BCUT2D eigenvalue weighted by Gasteiger charge is 2.26. The topological polar surface area (TPSA) is 102 Å². The molecule has 0 spiro atoms. The molecule has 0 radical (unpaired) electrons. The molecule has 0 aromatic carbocycles. The molecule has 7 nitrogen and oxygen atoms in total. The van der Waals surface area contributed by atoms with E-state index in [9.17, 15) is 9.59 Å². The number of carbonyl (C=O) groups is 2. The van der Waals surface area contributed by atoms with Crippen LogP contribution in [0, 0.1) is 5.92 Å². The molecule has 1 aliphatic heterocycles. The van der Waals surface area contributed by atoms with Crippen LogP contribution in [-0.4, -0.2) is 48.6 Å². The summed E-state index contributed by atoms with van der Waals surface area (Å²) in [4.78, 5) is 23.5. The fourth-order valence-corrected chi connectivity index (χ4v) is 2.16. The number of hydrogen-bond donors (Lipinski definition) is 2. The minimum Gasteiger partial charge on any atom is -0.477 e. The Morgan fingerprint density at radius 1 is 1.24 bits per heavy atom.